The number of halogens is 1. The van der Waals surface area contributed by atoms with Crippen molar-refractivity contribution in [2.45, 2.75) is 39.2 Å². The summed E-state index contributed by atoms with van der Waals surface area (Å²) < 4.78 is 4.98. The second-order valence-electron chi connectivity index (χ2n) is 3.52. The molecule has 0 aromatic heterocycles. The number of ether oxygens (including phenoxy) is 1. The molecule has 0 radical (unpaired) electrons. The first-order valence-electron chi connectivity index (χ1n) is 5.16. The van der Waals surface area contributed by atoms with Crippen LogP contribution in [0.15, 0.2) is 0 Å². The summed E-state index contributed by atoms with van der Waals surface area (Å²) in [4.78, 5) is 13.6. The molecule has 0 spiro atoms. The first-order valence-corrected chi connectivity index (χ1v) is 5.16. The fourth-order valence-electron chi connectivity index (χ4n) is 1.72. The average molecular weight is 222 g/mol. The monoisotopic (exact) mass is 221 g/mol. The van der Waals surface area contributed by atoms with Gasteiger partial charge in [0.05, 0.1) is 6.61 Å². The number of carbonyl (C=O) groups excluding carboxylic acids is 1. The standard InChI is InChI=1S/C10H19NO2.ClH/c1-3-13-10(12)9(2)11-7-5-4-6-8-11;/h9H,3-8H2,1-2H3;1H. The molecule has 1 fully saturated rings. The zero-order valence-corrected chi connectivity index (χ0v) is 9.81. The second-order valence-corrected chi connectivity index (χ2v) is 3.52. The molecule has 1 heterocycles. The summed E-state index contributed by atoms with van der Waals surface area (Å²) in [6.45, 7) is 6.35. The molecule has 0 aliphatic carbocycles. The Morgan fingerprint density at radius 1 is 1.36 bits per heavy atom. The third-order valence-electron chi connectivity index (χ3n) is 2.57. The summed E-state index contributed by atoms with van der Waals surface area (Å²) in [5.74, 6) is -0.0793. The molecule has 1 aliphatic rings. The number of hydrogen-bond acceptors (Lipinski definition) is 3. The molecular formula is C10H20ClNO2. The molecule has 1 rings (SSSR count). The van der Waals surface area contributed by atoms with Gasteiger partial charge in [-0.2, -0.15) is 0 Å². The van der Waals surface area contributed by atoms with Crippen molar-refractivity contribution in [2.75, 3.05) is 19.7 Å². The molecule has 0 amide bonds. The minimum absolute atomic E-state index is 0. The first kappa shape index (κ1) is 13.7. The van der Waals surface area contributed by atoms with Crippen molar-refractivity contribution in [3.05, 3.63) is 0 Å². The predicted octanol–water partition coefficient (Wildman–Crippen LogP) is 1.85. The number of rotatable bonds is 3. The lowest BCUT2D eigenvalue weighted by atomic mass is 10.1. The van der Waals surface area contributed by atoms with Gasteiger partial charge in [-0.05, 0) is 39.8 Å². The summed E-state index contributed by atoms with van der Waals surface area (Å²) >= 11 is 0. The highest BCUT2D eigenvalue weighted by Crippen LogP contribution is 2.12. The average Bonchev–Trinajstić information content (AvgIpc) is 2.18. The van der Waals surface area contributed by atoms with Gasteiger partial charge < -0.3 is 4.74 Å². The van der Waals surface area contributed by atoms with E-state index in [-0.39, 0.29) is 24.4 Å². The van der Waals surface area contributed by atoms with Crippen molar-refractivity contribution < 1.29 is 9.53 Å². The molecule has 0 aromatic rings. The number of piperidine rings is 1. The van der Waals surface area contributed by atoms with Crippen LogP contribution in [0.1, 0.15) is 33.1 Å². The van der Waals surface area contributed by atoms with Crippen LogP contribution in [-0.4, -0.2) is 36.6 Å². The maximum absolute atomic E-state index is 11.4. The van der Waals surface area contributed by atoms with Gasteiger partial charge in [0.1, 0.15) is 6.04 Å². The Balaban J connectivity index is 0.00000169. The maximum atomic E-state index is 11.4. The Labute approximate surface area is 92.2 Å². The maximum Gasteiger partial charge on any atom is 0.323 e. The van der Waals surface area contributed by atoms with Crippen molar-refractivity contribution in [3.63, 3.8) is 0 Å². The third-order valence-corrected chi connectivity index (χ3v) is 2.57. The summed E-state index contributed by atoms with van der Waals surface area (Å²) in [7, 11) is 0. The number of hydrogen-bond donors (Lipinski definition) is 0. The number of likely N-dealkylation sites (tertiary alicyclic amines) is 1. The van der Waals surface area contributed by atoms with Gasteiger partial charge >= 0.3 is 5.97 Å². The van der Waals surface area contributed by atoms with E-state index in [0.717, 1.165) is 13.1 Å². The van der Waals surface area contributed by atoms with Gasteiger partial charge in [-0.1, -0.05) is 6.42 Å². The molecule has 1 aliphatic heterocycles. The van der Waals surface area contributed by atoms with Crippen molar-refractivity contribution in [1.82, 2.24) is 4.90 Å². The Hall–Kier alpha value is -0.280. The minimum Gasteiger partial charge on any atom is -0.465 e. The van der Waals surface area contributed by atoms with E-state index in [1.807, 2.05) is 13.8 Å². The van der Waals surface area contributed by atoms with E-state index in [4.69, 9.17) is 4.74 Å². The SMILES string of the molecule is CCOC(=O)C(C)N1CCCCC1.Cl. The zero-order chi connectivity index (χ0) is 9.68. The van der Waals surface area contributed by atoms with Crippen LogP contribution in [0.25, 0.3) is 0 Å². The van der Waals surface area contributed by atoms with E-state index in [9.17, 15) is 4.79 Å². The van der Waals surface area contributed by atoms with E-state index >= 15 is 0 Å². The molecule has 3 nitrogen and oxygen atoms in total. The quantitative estimate of drug-likeness (QED) is 0.682. The van der Waals surface area contributed by atoms with Gasteiger partial charge in [0, 0.05) is 0 Å². The number of esters is 1. The van der Waals surface area contributed by atoms with E-state index in [2.05, 4.69) is 4.90 Å². The largest absolute Gasteiger partial charge is 0.465 e. The Kier molecular flexibility index (Phi) is 6.93. The number of carbonyl (C=O) groups is 1. The van der Waals surface area contributed by atoms with E-state index in [1.165, 1.54) is 19.3 Å². The van der Waals surface area contributed by atoms with E-state index in [0.29, 0.717) is 6.61 Å². The Morgan fingerprint density at radius 3 is 2.43 bits per heavy atom. The summed E-state index contributed by atoms with van der Waals surface area (Å²) in [5, 5.41) is 0. The van der Waals surface area contributed by atoms with Crippen LogP contribution in [0.5, 0.6) is 0 Å². The first-order chi connectivity index (χ1) is 6.25. The lowest BCUT2D eigenvalue weighted by molar-refractivity contribution is -0.149. The normalized spacial score (nSPS) is 19.6. The highest BCUT2D eigenvalue weighted by atomic mass is 35.5. The van der Waals surface area contributed by atoms with Gasteiger partial charge in [0.15, 0.2) is 0 Å². The second kappa shape index (κ2) is 7.07. The van der Waals surface area contributed by atoms with Crippen LogP contribution in [-0.2, 0) is 9.53 Å². The lowest BCUT2D eigenvalue weighted by Gasteiger charge is -2.30. The molecule has 1 saturated heterocycles. The topological polar surface area (TPSA) is 29.5 Å². The third kappa shape index (κ3) is 3.84. The summed E-state index contributed by atoms with van der Waals surface area (Å²) in [6, 6.07) is -0.0553. The van der Waals surface area contributed by atoms with Crippen LogP contribution in [0.4, 0.5) is 0 Å². The summed E-state index contributed by atoms with van der Waals surface area (Å²) in [6.07, 6.45) is 3.72. The molecule has 0 saturated carbocycles. The number of nitrogens with zero attached hydrogens (tertiary/aromatic N) is 1. The van der Waals surface area contributed by atoms with Crippen molar-refractivity contribution in [2.24, 2.45) is 0 Å². The molecule has 14 heavy (non-hydrogen) atoms. The van der Waals surface area contributed by atoms with Gasteiger partial charge in [0.2, 0.25) is 0 Å². The molecule has 84 valence electrons. The molecule has 1 atom stereocenters. The highest BCUT2D eigenvalue weighted by molar-refractivity contribution is 5.85. The van der Waals surface area contributed by atoms with E-state index < -0.39 is 0 Å². The van der Waals surface area contributed by atoms with Crippen LogP contribution < -0.4 is 0 Å². The molecule has 4 heteroatoms. The van der Waals surface area contributed by atoms with Crippen molar-refractivity contribution >= 4 is 18.4 Å². The van der Waals surface area contributed by atoms with Crippen LogP contribution in [0.2, 0.25) is 0 Å². The molecule has 1 unspecified atom stereocenters. The van der Waals surface area contributed by atoms with Gasteiger partial charge in [-0.3, -0.25) is 9.69 Å². The summed E-state index contributed by atoms with van der Waals surface area (Å²) in [5.41, 5.74) is 0. The predicted molar refractivity (Wildman–Crippen MR) is 58.8 cm³/mol. The van der Waals surface area contributed by atoms with Crippen LogP contribution >= 0.6 is 12.4 Å². The molecular weight excluding hydrogens is 202 g/mol. The minimum atomic E-state index is -0.0793. The van der Waals surface area contributed by atoms with Crippen LogP contribution in [0, 0.1) is 0 Å². The van der Waals surface area contributed by atoms with Gasteiger partial charge in [-0.25, -0.2) is 0 Å². The Morgan fingerprint density at radius 2 is 1.93 bits per heavy atom. The fraction of sp³-hybridized carbons (Fsp3) is 0.900. The van der Waals surface area contributed by atoms with Crippen LogP contribution in [0.3, 0.4) is 0 Å². The van der Waals surface area contributed by atoms with Crippen molar-refractivity contribution in [1.29, 1.82) is 0 Å². The molecule has 0 bridgehead atoms. The van der Waals surface area contributed by atoms with E-state index in [1.54, 1.807) is 0 Å². The molecule has 0 aromatic carbocycles. The molecule has 0 N–H and O–H groups in total. The van der Waals surface area contributed by atoms with Crippen molar-refractivity contribution in [3.8, 4) is 0 Å². The fourth-order valence-corrected chi connectivity index (χ4v) is 1.72. The smallest absolute Gasteiger partial charge is 0.323 e. The van der Waals surface area contributed by atoms with Gasteiger partial charge in [0.25, 0.3) is 0 Å². The Bertz CT molecular complexity index is 170. The van der Waals surface area contributed by atoms with Gasteiger partial charge in [-0.15, -0.1) is 12.4 Å². The zero-order valence-electron chi connectivity index (χ0n) is 8.99. The highest BCUT2D eigenvalue weighted by Gasteiger charge is 2.23. The lowest BCUT2D eigenvalue weighted by Crippen LogP contribution is -2.42.